The Kier molecular flexibility index (Phi) is 6.39. The number of benzene rings is 1. The Labute approximate surface area is 123 Å². The van der Waals surface area contributed by atoms with E-state index < -0.39 is 12.1 Å². The number of ketones is 1. The van der Waals surface area contributed by atoms with E-state index in [9.17, 15) is 14.4 Å². The zero-order valence-corrected chi connectivity index (χ0v) is 12.3. The van der Waals surface area contributed by atoms with Gasteiger partial charge in [-0.2, -0.15) is 0 Å². The first-order valence-electron chi connectivity index (χ1n) is 6.65. The minimum Gasteiger partial charge on any atom is -0.482 e. The molecule has 1 N–H and O–H groups in total. The van der Waals surface area contributed by atoms with Gasteiger partial charge in [0.1, 0.15) is 5.75 Å². The van der Waals surface area contributed by atoms with Crippen molar-refractivity contribution in [2.45, 2.75) is 26.9 Å². The minimum absolute atomic E-state index is 0.0899. The van der Waals surface area contributed by atoms with Gasteiger partial charge in [0, 0.05) is 12.1 Å². The van der Waals surface area contributed by atoms with Crippen LogP contribution in [0.4, 0.5) is 0 Å². The van der Waals surface area contributed by atoms with Gasteiger partial charge in [-0.25, -0.2) is 4.79 Å². The molecule has 0 spiro atoms. The molecule has 0 aliphatic heterocycles. The third kappa shape index (κ3) is 5.64. The van der Waals surface area contributed by atoms with Crippen molar-refractivity contribution >= 4 is 17.7 Å². The molecule has 1 amide bonds. The lowest BCUT2D eigenvalue weighted by atomic mass is 10.1. The van der Waals surface area contributed by atoms with Gasteiger partial charge >= 0.3 is 5.97 Å². The number of nitrogens with one attached hydrogen (secondary N) is 1. The summed E-state index contributed by atoms with van der Waals surface area (Å²) >= 11 is 0. The fourth-order valence-corrected chi connectivity index (χ4v) is 1.55. The lowest BCUT2D eigenvalue weighted by Gasteiger charge is -2.13. The zero-order chi connectivity index (χ0) is 15.8. The summed E-state index contributed by atoms with van der Waals surface area (Å²) in [6.07, 6.45) is -0.871. The first-order chi connectivity index (χ1) is 9.93. The minimum atomic E-state index is -0.871. The molecule has 0 heterocycles. The van der Waals surface area contributed by atoms with Gasteiger partial charge in [0.2, 0.25) is 0 Å². The number of hydrogen-bond donors (Lipinski definition) is 1. The second-order valence-corrected chi connectivity index (χ2v) is 4.40. The van der Waals surface area contributed by atoms with Crippen LogP contribution < -0.4 is 10.1 Å². The van der Waals surface area contributed by atoms with Gasteiger partial charge in [0.05, 0.1) is 0 Å². The highest BCUT2D eigenvalue weighted by Crippen LogP contribution is 2.13. The van der Waals surface area contributed by atoms with Crippen LogP contribution in [0.15, 0.2) is 24.3 Å². The molecule has 0 fully saturated rings. The van der Waals surface area contributed by atoms with Gasteiger partial charge in [0.15, 0.2) is 18.5 Å². The lowest BCUT2D eigenvalue weighted by Crippen LogP contribution is -2.36. The van der Waals surface area contributed by atoms with Crippen LogP contribution in [0.5, 0.6) is 5.75 Å². The molecular weight excluding hydrogens is 274 g/mol. The number of hydrogen-bond acceptors (Lipinski definition) is 5. The molecule has 0 aromatic heterocycles. The standard InChI is InChI=1S/C15H19NO5/c1-4-16-15(19)11(3)21-14(18)9-20-13-7-5-6-12(8-13)10(2)17/h5-8,11H,4,9H2,1-3H3,(H,16,19)/t11-/m0/s1. The van der Waals surface area contributed by atoms with Crippen LogP contribution in [-0.4, -0.2) is 36.9 Å². The van der Waals surface area contributed by atoms with E-state index in [0.29, 0.717) is 17.9 Å². The fourth-order valence-electron chi connectivity index (χ4n) is 1.55. The molecule has 0 unspecified atom stereocenters. The van der Waals surface area contributed by atoms with Gasteiger partial charge in [-0.05, 0) is 32.9 Å². The smallest absolute Gasteiger partial charge is 0.344 e. The summed E-state index contributed by atoms with van der Waals surface area (Å²) in [5, 5.41) is 2.55. The fraction of sp³-hybridized carbons (Fsp3) is 0.400. The van der Waals surface area contributed by atoms with E-state index in [1.54, 1.807) is 31.2 Å². The van der Waals surface area contributed by atoms with Crippen molar-refractivity contribution in [3.8, 4) is 5.75 Å². The first-order valence-corrected chi connectivity index (χ1v) is 6.65. The Morgan fingerprint density at radius 2 is 2.00 bits per heavy atom. The number of amides is 1. The Balaban J connectivity index is 2.48. The maximum atomic E-state index is 11.6. The van der Waals surface area contributed by atoms with Crippen LogP contribution in [0.1, 0.15) is 31.1 Å². The van der Waals surface area contributed by atoms with E-state index >= 15 is 0 Å². The Bertz CT molecular complexity index is 527. The SMILES string of the molecule is CCNC(=O)[C@H](C)OC(=O)COc1cccc(C(C)=O)c1. The summed E-state index contributed by atoms with van der Waals surface area (Å²) in [5.41, 5.74) is 0.497. The Morgan fingerprint density at radius 1 is 1.29 bits per heavy atom. The second-order valence-electron chi connectivity index (χ2n) is 4.40. The molecule has 1 aromatic rings. The normalized spacial score (nSPS) is 11.4. The number of likely N-dealkylation sites (N-methyl/N-ethyl adjacent to an activating group) is 1. The number of carbonyl (C=O) groups excluding carboxylic acids is 3. The van der Waals surface area contributed by atoms with Crippen molar-refractivity contribution in [2.75, 3.05) is 13.2 Å². The molecule has 21 heavy (non-hydrogen) atoms. The Hall–Kier alpha value is -2.37. The number of esters is 1. The van der Waals surface area contributed by atoms with Gasteiger partial charge in [-0.3, -0.25) is 9.59 Å². The quantitative estimate of drug-likeness (QED) is 0.606. The molecule has 6 heteroatoms. The molecule has 0 bridgehead atoms. The summed E-state index contributed by atoms with van der Waals surface area (Å²) in [7, 11) is 0. The first kappa shape index (κ1) is 16.7. The number of Topliss-reactive ketones (excluding diaryl/α,β-unsaturated/α-hetero) is 1. The second kappa shape index (κ2) is 8.04. The largest absolute Gasteiger partial charge is 0.482 e. The van der Waals surface area contributed by atoms with Crippen molar-refractivity contribution in [1.29, 1.82) is 0 Å². The maximum Gasteiger partial charge on any atom is 0.344 e. The van der Waals surface area contributed by atoms with Crippen LogP contribution in [0.3, 0.4) is 0 Å². The summed E-state index contributed by atoms with van der Waals surface area (Å²) < 4.78 is 10.2. The van der Waals surface area contributed by atoms with Gasteiger partial charge < -0.3 is 14.8 Å². The average Bonchev–Trinajstić information content (AvgIpc) is 2.45. The van der Waals surface area contributed by atoms with Gasteiger partial charge in [-0.1, -0.05) is 12.1 Å². The van der Waals surface area contributed by atoms with Crippen LogP contribution in [0, 0.1) is 0 Å². The highest BCUT2D eigenvalue weighted by atomic mass is 16.6. The molecular formula is C15H19NO5. The molecule has 1 rings (SSSR count). The number of rotatable bonds is 7. The summed E-state index contributed by atoms with van der Waals surface area (Å²) in [5.74, 6) is -0.704. The molecule has 114 valence electrons. The number of carbonyl (C=O) groups is 3. The highest BCUT2D eigenvalue weighted by Gasteiger charge is 2.17. The summed E-state index contributed by atoms with van der Waals surface area (Å²) in [6.45, 7) is 4.85. The maximum absolute atomic E-state index is 11.6. The van der Waals surface area contributed by atoms with E-state index in [4.69, 9.17) is 9.47 Å². The summed E-state index contributed by atoms with van der Waals surface area (Å²) in [4.78, 5) is 34.2. The van der Waals surface area contributed by atoms with Crippen molar-refractivity contribution in [3.63, 3.8) is 0 Å². The van der Waals surface area contributed by atoms with Crippen LogP contribution in [-0.2, 0) is 14.3 Å². The van der Waals surface area contributed by atoms with Crippen LogP contribution in [0.25, 0.3) is 0 Å². The third-order valence-corrected chi connectivity index (χ3v) is 2.63. The monoisotopic (exact) mass is 293 g/mol. The molecule has 0 aliphatic rings. The Morgan fingerprint density at radius 3 is 2.62 bits per heavy atom. The number of ether oxygens (including phenoxy) is 2. The predicted octanol–water partition coefficient (Wildman–Crippen LogP) is 1.34. The van der Waals surface area contributed by atoms with Gasteiger partial charge in [-0.15, -0.1) is 0 Å². The van der Waals surface area contributed by atoms with E-state index in [-0.39, 0.29) is 18.3 Å². The molecule has 0 aliphatic carbocycles. The van der Waals surface area contributed by atoms with E-state index in [2.05, 4.69) is 5.32 Å². The highest BCUT2D eigenvalue weighted by molar-refractivity contribution is 5.94. The average molecular weight is 293 g/mol. The molecule has 0 saturated heterocycles. The molecule has 1 aromatic carbocycles. The van der Waals surface area contributed by atoms with E-state index in [1.807, 2.05) is 0 Å². The van der Waals surface area contributed by atoms with Crippen molar-refractivity contribution in [1.82, 2.24) is 5.32 Å². The molecule has 0 saturated carbocycles. The van der Waals surface area contributed by atoms with E-state index in [0.717, 1.165) is 0 Å². The zero-order valence-electron chi connectivity index (χ0n) is 12.3. The lowest BCUT2D eigenvalue weighted by molar-refractivity contribution is -0.156. The van der Waals surface area contributed by atoms with Crippen LogP contribution >= 0.6 is 0 Å². The topological polar surface area (TPSA) is 81.7 Å². The predicted molar refractivity (Wildman–Crippen MR) is 76.2 cm³/mol. The summed E-state index contributed by atoms with van der Waals surface area (Å²) in [6, 6.07) is 6.50. The molecule has 0 radical (unpaired) electrons. The van der Waals surface area contributed by atoms with Gasteiger partial charge in [0.25, 0.3) is 5.91 Å². The van der Waals surface area contributed by atoms with Crippen molar-refractivity contribution in [3.05, 3.63) is 29.8 Å². The third-order valence-electron chi connectivity index (χ3n) is 2.63. The molecule has 1 atom stereocenters. The van der Waals surface area contributed by atoms with Crippen molar-refractivity contribution in [2.24, 2.45) is 0 Å². The van der Waals surface area contributed by atoms with Crippen LogP contribution in [0.2, 0.25) is 0 Å². The van der Waals surface area contributed by atoms with E-state index in [1.165, 1.54) is 13.8 Å². The van der Waals surface area contributed by atoms with Crippen molar-refractivity contribution < 1.29 is 23.9 Å². The molecule has 6 nitrogen and oxygen atoms in total.